The van der Waals surface area contributed by atoms with Gasteiger partial charge < -0.3 is 9.47 Å². The Morgan fingerprint density at radius 3 is 1.77 bits per heavy atom. The first-order chi connectivity index (χ1) is 10.7. The Morgan fingerprint density at radius 1 is 0.864 bits per heavy atom. The first-order valence-corrected chi connectivity index (χ1v) is 8.61. The van der Waals surface area contributed by atoms with Crippen LogP contribution in [0.1, 0.15) is 71.6 Å². The molecule has 4 heteroatoms. The van der Waals surface area contributed by atoms with Crippen LogP contribution in [-0.4, -0.2) is 25.2 Å². The van der Waals surface area contributed by atoms with Crippen LogP contribution in [0.15, 0.2) is 12.7 Å². The predicted octanol–water partition coefficient (Wildman–Crippen LogP) is 4.43. The summed E-state index contributed by atoms with van der Waals surface area (Å²) in [5.74, 6) is -1.66. The van der Waals surface area contributed by atoms with E-state index < -0.39 is 17.9 Å². The van der Waals surface area contributed by atoms with E-state index in [4.69, 9.17) is 9.47 Å². The Bertz CT molecular complexity index is 294. The van der Waals surface area contributed by atoms with Gasteiger partial charge in [0, 0.05) is 0 Å². The van der Waals surface area contributed by atoms with Gasteiger partial charge in [0.15, 0.2) is 5.92 Å². The van der Waals surface area contributed by atoms with Crippen LogP contribution >= 0.6 is 0 Å². The summed E-state index contributed by atoms with van der Waals surface area (Å²) in [4.78, 5) is 23.6. The zero-order valence-corrected chi connectivity index (χ0v) is 14.3. The molecule has 128 valence electrons. The van der Waals surface area contributed by atoms with Crippen LogP contribution in [0, 0.1) is 5.92 Å². The number of hydrogen-bond acceptors (Lipinski definition) is 4. The molecule has 4 nitrogen and oxygen atoms in total. The van der Waals surface area contributed by atoms with E-state index in [1.54, 1.807) is 13.8 Å². The van der Waals surface area contributed by atoms with Crippen molar-refractivity contribution in [2.75, 3.05) is 13.2 Å². The quantitative estimate of drug-likeness (QED) is 0.206. The zero-order valence-electron chi connectivity index (χ0n) is 14.3. The fraction of sp³-hybridized carbons (Fsp3) is 0.778. The summed E-state index contributed by atoms with van der Waals surface area (Å²) in [6.45, 7) is 7.78. The Morgan fingerprint density at radius 2 is 1.32 bits per heavy atom. The molecule has 0 atom stereocenters. The van der Waals surface area contributed by atoms with Crippen LogP contribution in [0.3, 0.4) is 0 Å². The second-order valence-corrected chi connectivity index (χ2v) is 5.40. The normalized spacial score (nSPS) is 10.5. The van der Waals surface area contributed by atoms with Gasteiger partial charge in [-0.05, 0) is 33.1 Å². The van der Waals surface area contributed by atoms with Crippen molar-refractivity contribution in [1.29, 1.82) is 0 Å². The van der Waals surface area contributed by atoms with Crippen molar-refractivity contribution in [3.63, 3.8) is 0 Å². The molecule has 0 aromatic rings. The maximum absolute atomic E-state index is 11.8. The summed E-state index contributed by atoms with van der Waals surface area (Å²) in [6, 6.07) is 0. The highest BCUT2D eigenvalue weighted by Gasteiger charge is 2.28. The minimum absolute atomic E-state index is 0.291. The number of carbonyl (C=O) groups is 2. The van der Waals surface area contributed by atoms with Crippen molar-refractivity contribution in [1.82, 2.24) is 0 Å². The number of unbranched alkanes of at least 4 members (excludes halogenated alkanes) is 7. The van der Waals surface area contributed by atoms with Gasteiger partial charge in [-0.1, -0.05) is 44.6 Å². The van der Waals surface area contributed by atoms with Gasteiger partial charge in [0.25, 0.3) is 0 Å². The van der Waals surface area contributed by atoms with Crippen molar-refractivity contribution >= 4 is 11.9 Å². The lowest BCUT2D eigenvalue weighted by molar-refractivity contribution is -0.161. The molecule has 0 radical (unpaired) electrons. The van der Waals surface area contributed by atoms with Gasteiger partial charge in [-0.15, -0.1) is 6.58 Å². The average molecular weight is 312 g/mol. The summed E-state index contributed by atoms with van der Waals surface area (Å²) >= 11 is 0. The highest BCUT2D eigenvalue weighted by Crippen LogP contribution is 2.16. The van der Waals surface area contributed by atoms with Gasteiger partial charge in [0.1, 0.15) is 0 Å². The van der Waals surface area contributed by atoms with Crippen LogP contribution in [0.25, 0.3) is 0 Å². The van der Waals surface area contributed by atoms with Crippen LogP contribution in [0.5, 0.6) is 0 Å². The van der Waals surface area contributed by atoms with Gasteiger partial charge in [-0.2, -0.15) is 0 Å². The molecule has 0 aliphatic carbocycles. The number of carbonyl (C=O) groups excluding carboxylic acids is 2. The van der Waals surface area contributed by atoms with Crippen molar-refractivity contribution in [2.24, 2.45) is 5.92 Å². The van der Waals surface area contributed by atoms with Crippen molar-refractivity contribution in [2.45, 2.75) is 71.6 Å². The molecule has 0 bridgehead atoms. The largest absolute Gasteiger partial charge is 0.465 e. The molecular formula is C18H32O4. The third kappa shape index (κ3) is 10.4. The van der Waals surface area contributed by atoms with E-state index >= 15 is 0 Å². The zero-order chi connectivity index (χ0) is 16.6. The van der Waals surface area contributed by atoms with Crippen LogP contribution in [0.2, 0.25) is 0 Å². The molecule has 0 saturated heterocycles. The molecule has 0 aromatic carbocycles. The number of ether oxygens (including phenoxy) is 2. The molecule has 0 fully saturated rings. The number of allylic oxidation sites excluding steroid dienone is 1. The smallest absolute Gasteiger partial charge is 0.320 e. The molecule has 0 rings (SSSR count). The lowest BCUT2D eigenvalue weighted by Crippen LogP contribution is -2.28. The minimum Gasteiger partial charge on any atom is -0.465 e. The number of rotatable bonds is 14. The molecular weight excluding hydrogens is 280 g/mol. The van der Waals surface area contributed by atoms with Crippen LogP contribution < -0.4 is 0 Å². The highest BCUT2D eigenvalue weighted by molar-refractivity contribution is 5.94. The maximum atomic E-state index is 11.8. The van der Waals surface area contributed by atoms with E-state index in [2.05, 4.69) is 6.58 Å². The number of hydrogen-bond donors (Lipinski definition) is 0. The molecule has 0 aromatic heterocycles. The topological polar surface area (TPSA) is 52.6 Å². The molecule has 0 amide bonds. The molecule has 0 heterocycles. The Hall–Kier alpha value is -1.32. The first kappa shape index (κ1) is 20.7. The van der Waals surface area contributed by atoms with Gasteiger partial charge >= 0.3 is 11.9 Å². The standard InChI is InChI=1S/C18H32O4/c1-4-7-8-9-10-11-12-13-14-15-16(17(19)21-5-2)18(20)22-6-3/h4,16H,1,5-15H2,2-3H3. The second-order valence-electron chi connectivity index (χ2n) is 5.40. The van der Waals surface area contributed by atoms with Gasteiger partial charge in [0.2, 0.25) is 0 Å². The van der Waals surface area contributed by atoms with Crippen molar-refractivity contribution in [3.05, 3.63) is 12.7 Å². The van der Waals surface area contributed by atoms with Gasteiger partial charge in [-0.3, -0.25) is 9.59 Å². The Balaban J connectivity index is 3.86. The summed E-state index contributed by atoms with van der Waals surface area (Å²) in [5.41, 5.74) is 0. The third-order valence-electron chi connectivity index (χ3n) is 3.54. The molecule has 0 aliphatic rings. The summed E-state index contributed by atoms with van der Waals surface area (Å²) in [6.07, 6.45) is 11.5. The van der Waals surface area contributed by atoms with Gasteiger partial charge in [-0.25, -0.2) is 0 Å². The molecule has 0 N–H and O–H groups in total. The fourth-order valence-electron chi connectivity index (χ4n) is 2.34. The second kappa shape index (κ2) is 14.6. The van der Waals surface area contributed by atoms with E-state index in [-0.39, 0.29) is 0 Å². The third-order valence-corrected chi connectivity index (χ3v) is 3.54. The number of esters is 2. The maximum Gasteiger partial charge on any atom is 0.320 e. The molecule has 0 saturated carbocycles. The lowest BCUT2D eigenvalue weighted by atomic mass is 10.00. The van der Waals surface area contributed by atoms with Crippen molar-refractivity contribution in [3.8, 4) is 0 Å². The Kier molecular flexibility index (Phi) is 13.7. The van der Waals surface area contributed by atoms with E-state index in [1.165, 1.54) is 25.7 Å². The SMILES string of the molecule is C=CCCCCCCCCCC(C(=O)OCC)C(=O)OCC. The van der Waals surface area contributed by atoms with Crippen LogP contribution in [-0.2, 0) is 19.1 Å². The van der Waals surface area contributed by atoms with Crippen molar-refractivity contribution < 1.29 is 19.1 Å². The van der Waals surface area contributed by atoms with Gasteiger partial charge in [0.05, 0.1) is 13.2 Å². The highest BCUT2D eigenvalue weighted by atomic mass is 16.6. The van der Waals surface area contributed by atoms with E-state index in [9.17, 15) is 9.59 Å². The Labute approximate surface area is 135 Å². The summed E-state index contributed by atoms with van der Waals surface area (Å²) < 4.78 is 9.91. The summed E-state index contributed by atoms with van der Waals surface area (Å²) in [7, 11) is 0. The summed E-state index contributed by atoms with van der Waals surface area (Å²) in [5, 5.41) is 0. The molecule has 22 heavy (non-hydrogen) atoms. The minimum atomic E-state index is -0.757. The fourth-order valence-corrected chi connectivity index (χ4v) is 2.34. The van der Waals surface area contributed by atoms with E-state index in [0.717, 1.165) is 25.7 Å². The van der Waals surface area contributed by atoms with E-state index in [0.29, 0.717) is 19.6 Å². The molecule has 0 unspecified atom stereocenters. The lowest BCUT2D eigenvalue weighted by Gasteiger charge is -2.14. The van der Waals surface area contributed by atoms with Crippen LogP contribution in [0.4, 0.5) is 0 Å². The first-order valence-electron chi connectivity index (χ1n) is 8.61. The van der Waals surface area contributed by atoms with E-state index in [1.807, 2.05) is 6.08 Å². The molecule has 0 aliphatic heterocycles. The average Bonchev–Trinajstić information content (AvgIpc) is 2.49. The monoisotopic (exact) mass is 312 g/mol. The molecule has 0 spiro atoms. The predicted molar refractivity (Wildman–Crippen MR) is 88.5 cm³/mol.